The lowest BCUT2D eigenvalue weighted by Crippen LogP contribution is -2.07. The van der Waals surface area contributed by atoms with Crippen LogP contribution in [0.2, 0.25) is 0 Å². The fourth-order valence-electron chi connectivity index (χ4n) is 1.76. The van der Waals surface area contributed by atoms with Gasteiger partial charge < -0.3 is 4.74 Å². The van der Waals surface area contributed by atoms with Crippen molar-refractivity contribution in [3.63, 3.8) is 0 Å². The highest BCUT2D eigenvalue weighted by atomic mass is 16.5. The van der Waals surface area contributed by atoms with Crippen molar-refractivity contribution in [3.05, 3.63) is 42.2 Å². The number of carbonyl (C=O) groups is 1. The molecule has 2 rings (SSSR count). The quantitative estimate of drug-likeness (QED) is 0.777. The summed E-state index contributed by atoms with van der Waals surface area (Å²) in [7, 11) is 0. The predicted octanol–water partition coefficient (Wildman–Crippen LogP) is 2.75. The van der Waals surface area contributed by atoms with Crippen LogP contribution in [0.15, 0.2) is 36.5 Å². The van der Waals surface area contributed by atoms with E-state index in [-0.39, 0.29) is 5.97 Å². The van der Waals surface area contributed by atoms with Gasteiger partial charge in [0.1, 0.15) is 0 Å². The minimum atomic E-state index is -0.372. The Bertz CT molecular complexity index is 532. The number of aromatic nitrogens is 2. The SMILES string of the molecule is CCOC(=O)c1nn(CC)cc1-c1ccccc1. The van der Waals surface area contributed by atoms with E-state index in [9.17, 15) is 4.79 Å². The zero-order chi connectivity index (χ0) is 13.0. The van der Waals surface area contributed by atoms with Gasteiger partial charge in [-0.1, -0.05) is 30.3 Å². The Kier molecular flexibility index (Phi) is 3.77. The molecule has 0 saturated carbocycles. The predicted molar refractivity (Wildman–Crippen MR) is 69.3 cm³/mol. The summed E-state index contributed by atoms with van der Waals surface area (Å²) in [5, 5.41) is 4.27. The highest BCUT2D eigenvalue weighted by Crippen LogP contribution is 2.23. The number of carbonyl (C=O) groups excluding carboxylic acids is 1. The fourth-order valence-corrected chi connectivity index (χ4v) is 1.76. The van der Waals surface area contributed by atoms with Gasteiger partial charge >= 0.3 is 5.97 Å². The number of hydrogen-bond donors (Lipinski definition) is 0. The van der Waals surface area contributed by atoms with Crippen molar-refractivity contribution in [2.75, 3.05) is 6.61 Å². The van der Waals surface area contributed by atoms with E-state index in [1.165, 1.54) is 0 Å². The third-order valence-electron chi connectivity index (χ3n) is 2.64. The largest absolute Gasteiger partial charge is 0.461 e. The first-order chi connectivity index (χ1) is 8.76. The molecular weight excluding hydrogens is 228 g/mol. The summed E-state index contributed by atoms with van der Waals surface area (Å²) in [6, 6.07) is 9.73. The van der Waals surface area contributed by atoms with E-state index >= 15 is 0 Å². The van der Waals surface area contributed by atoms with Crippen molar-refractivity contribution in [2.45, 2.75) is 20.4 Å². The van der Waals surface area contributed by atoms with Crippen molar-refractivity contribution in [1.29, 1.82) is 0 Å². The Balaban J connectivity index is 2.45. The molecule has 4 heteroatoms. The normalized spacial score (nSPS) is 10.3. The fraction of sp³-hybridized carbons (Fsp3) is 0.286. The summed E-state index contributed by atoms with van der Waals surface area (Å²) in [5.74, 6) is -0.372. The van der Waals surface area contributed by atoms with E-state index in [0.29, 0.717) is 12.3 Å². The molecule has 0 N–H and O–H groups in total. The van der Waals surface area contributed by atoms with Gasteiger partial charge in [0.15, 0.2) is 5.69 Å². The van der Waals surface area contributed by atoms with Gasteiger partial charge in [0.25, 0.3) is 0 Å². The van der Waals surface area contributed by atoms with Gasteiger partial charge in [-0.25, -0.2) is 4.79 Å². The lowest BCUT2D eigenvalue weighted by atomic mass is 10.1. The summed E-state index contributed by atoms with van der Waals surface area (Å²) < 4.78 is 6.78. The maximum atomic E-state index is 11.9. The minimum absolute atomic E-state index is 0.353. The third kappa shape index (κ3) is 2.42. The molecule has 0 saturated heterocycles. The molecular formula is C14H16N2O2. The van der Waals surface area contributed by atoms with E-state index < -0.39 is 0 Å². The van der Waals surface area contributed by atoms with Crippen molar-refractivity contribution < 1.29 is 9.53 Å². The number of aryl methyl sites for hydroxylation is 1. The molecule has 18 heavy (non-hydrogen) atoms. The zero-order valence-electron chi connectivity index (χ0n) is 10.6. The van der Waals surface area contributed by atoms with Gasteiger partial charge in [-0.3, -0.25) is 4.68 Å². The smallest absolute Gasteiger partial charge is 0.359 e. The van der Waals surface area contributed by atoms with E-state index in [0.717, 1.165) is 17.7 Å². The lowest BCUT2D eigenvalue weighted by molar-refractivity contribution is 0.0519. The molecule has 0 aliphatic carbocycles. The maximum Gasteiger partial charge on any atom is 0.359 e. The molecule has 1 heterocycles. The Hall–Kier alpha value is -2.10. The summed E-state index contributed by atoms with van der Waals surface area (Å²) in [6.07, 6.45) is 1.88. The maximum absolute atomic E-state index is 11.9. The van der Waals surface area contributed by atoms with Crippen molar-refractivity contribution >= 4 is 5.97 Å². The van der Waals surface area contributed by atoms with E-state index in [2.05, 4.69) is 5.10 Å². The van der Waals surface area contributed by atoms with Crippen LogP contribution in [-0.4, -0.2) is 22.4 Å². The number of esters is 1. The minimum Gasteiger partial charge on any atom is -0.461 e. The Morgan fingerprint density at radius 3 is 2.61 bits per heavy atom. The van der Waals surface area contributed by atoms with Gasteiger partial charge in [0, 0.05) is 18.3 Å². The monoisotopic (exact) mass is 244 g/mol. The number of hydrogen-bond acceptors (Lipinski definition) is 3. The molecule has 0 unspecified atom stereocenters. The molecule has 4 nitrogen and oxygen atoms in total. The Morgan fingerprint density at radius 2 is 2.00 bits per heavy atom. The first-order valence-electron chi connectivity index (χ1n) is 6.06. The molecule has 0 radical (unpaired) electrons. The van der Waals surface area contributed by atoms with Crippen LogP contribution in [0.3, 0.4) is 0 Å². The Morgan fingerprint density at radius 1 is 1.28 bits per heavy atom. The molecule has 0 fully saturated rings. The van der Waals surface area contributed by atoms with Crippen LogP contribution < -0.4 is 0 Å². The molecule has 0 amide bonds. The van der Waals surface area contributed by atoms with Gasteiger partial charge in [0.2, 0.25) is 0 Å². The average Bonchev–Trinajstić information content (AvgIpc) is 2.84. The first kappa shape index (κ1) is 12.4. The van der Waals surface area contributed by atoms with E-state index in [1.807, 2.05) is 43.5 Å². The van der Waals surface area contributed by atoms with Gasteiger partial charge in [0.05, 0.1) is 6.61 Å². The molecule has 0 spiro atoms. The highest BCUT2D eigenvalue weighted by Gasteiger charge is 2.18. The van der Waals surface area contributed by atoms with Crippen LogP contribution in [0, 0.1) is 0 Å². The van der Waals surface area contributed by atoms with E-state index in [4.69, 9.17) is 4.74 Å². The second kappa shape index (κ2) is 5.49. The van der Waals surface area contributed by atoms with Crippen molar-refractivity contribution in [2.24, 2.45) is 0 Å². The second-order valence-corrected chi connectivity index (χ2v) is 3.83. The molecule has 1 aromatic heterocycles. The second-order valence-electron chi connectivity index (χ2n) is 3.83. The average molecular weight is 244 g/mol. The van der Waals surface area contributed by atoms with Gasteiger partial charge in [-0.05, 0) is 19.4 Å². The summed E-state index contributed by atoms with van der Waals surface area (Å²) >= 11 is 0. The topological polar surface area (TPSA) is 44.1 Å². The molecule has 2 aromatic rings. The number of nitrogens with zero attached hydrogens (tertiary/aromatic N) is 2. The summed E-state index contributed by atoms with van der Waals surface area (Å²) in [6.45, 7) is 4.85. The molecule has 1 aromatic carbocycles. The lowest BCUT2D eigenvalue weighted by Gasteiger charge is -2.01. The van der Waals surface area contributed by atoms with Crippen molar-refractivity contribution in [1.82, 2.24) is 9.78 Å². The standard InChI is InChI=1S/C14H16N2O2/c1-3-16-10-12(11-8-6-5-7-9-11)13(15-16)14(17)18-4-2/h5-10H,3-4H2,1-2H3. The van der Waals surface area contributed by atoms with Crippen LogP contribution in [0.25, 0.3) is 11.1 Å². The van der Waals surface area contributed by atoms with Crippen LogP contribution in [-0.2, 0) is 11.3 Å². The molecule has 0 bridgehead atoms. The molecule has 0 atom stereocenters. The molecule has 0 aliphatic rings. The summed E-state index contributed by atoms with van der Waals surface area (Å²) in [4.78, 5) is 11.9. The number of ether oxygens (including phenoxy) is 1. The zero-order valence-corrected chi connectivity index (χ0v) is 10.6. The number of rotatable bonds is 4. The van der Waals surface area contributed by atoms with Crippen LogP contribution in [0.1, 0.15) is 24.3 Å². The van der Waals surface area contributed by atoms with Gasteiger partial charge in [-0.2, -0.15) is 5.10 Å². The van der Waals surface area contributed by atoms with E-state index in [1.54, 1.807) is 11.6 Å². The van der Waals surface area contributed by atoms with Crippen LogP contribution in [0.5, 0.6) is 0 Å². The van der Waals surface area contributed by atoms with Crippen molar-refractivity contribution in [3.8, 4) is 11.1 Å². The molecule has 94 valence electrons. The highest BCUT2D eigenvalue weighted by molar-refractivity contribution is 5.95. The van der Waals surface area contributed by atoms with Crippen LogP contribution >= 0.6 is 0 Å². The molecule has 0 aliphatic heterocycles. The summed E-state index contributed by atoms with van der Waals surface area (Å²) in [5.41, 5.74) is 2.17. The third-order valence-corrected chi connectivity index (χ3v) is 2.64. The van der Waals surface area contributed by atoms with Gasteiger partial charge in [-0.15, -0.1) is 0 Å². The number of benzene rings is 1. The Labute approximate surface area is 106 Å². The first-order valence-corrected chi connectivity index (χ1v) is 6.06. The van der Waals surface area contributed by atoms with Crippen LogP contribution in [0.4, 0.5) is 0 Å².